The largest absolute Gasteiger partial charge is 0.439 e. The minimum absolute atomic E-state index is 0.154. The summed E-state index contributed by atoms with van der Waals surface area (Å²) in [5, 5.41) is 6.89. The normalized spacial score (nSPS) is 22.8. The van der Waals surface area contributed by atoms with E-state index < -0.39 is 0 Å². The fraction of sp³-hybridized carbons (Fsp3) is 0.400. The first-order chi connectivity index (χ1) is 9.25. The molecule has 2 heterocycles. The lowest BCUT2D eigenvalue weighted by atomic mass is 10.0. The summed E-state index contributed by atoms with van der Waals surface area (Å²) >= 11 is 0. The number of oxazole rings is 1. The highest BCUT2D eigenvalue weighted by Gasteiger charge is 2.27. The van der Waals surface area contributed by atoms with Crippen molar-refractivity contribution in [2.75, 3.05) is 13.1 Å². The Morgan fingerprint density at radius 3 is 2.95 bits per heavy atom. The third-order valence-corrected chi connectivity index (χ3v) is 3.65. The number of hydrogen-bond donors (Lipinski definition) is 2. The van der Waals surface area contributed by atoms with Gasteiger partial charge in [-0.3, -0.25) is 0 Å². The Bertz CT molecular complexity index is 529. The van der Waals surface area contributed by atoms with Gasteiger partial charge in [-0.25, -0.2) is 4.98 Å². The summed E-state index contributed by atoms with van der Waals surface area (Å²) in [4.78, 5) is 4.34. The van der Waals surface area contributed by atoms with Crippen molar-refractivity contribution in [2.45, 2.75) is 25.4 Å². The van der Waals surface area contributed by atoms with Crippen LogP contribution in [0.3, 0.4) is 0 Å². The number of benzene rings is 1. The van der Waals surface area contributed by atoms with E-state index in [1.807, 2.05) is 30.3 Å². The van der Waals surface area contributed by atoms with Crippen LogP contribution in [0.2, 0.25) is 0 Å². The molecule has 0 amide bonds. The van der Waals surface area contributed by atoms with E-state index in [0.717, 1.165) is 36.7 Å². The molecule has 4 nitrogen and oxygen atoms in total. The number of nitrogens with zero attached hydrogens (tertiary/aromatic N) is 1. The van der Waals surface area contributed by atoms with Gasteiger partial charge < -0.3 is 15.1 Å². The van der Waals surface area contributed by atoms with Crippen LogP contribution in [0.1, 0.15) is 19.2 Å². The van der Waals surface area contributed by atoms with Crippen molar-refractivity contribution in [3.8, 4) is 11.3 Å². The van der Waals surface area contributed by atoms with Crippen molar-refractivity contribution in [3.05, 3.63) is 42.4 Å². The van der Waals surface area contributed by atoms with Gasteiger partial charge in [0, 0.05) is 17.6 Å². The first-order valence-corrected chi connectivity index (χ1v) is 6.71. The Hall–Kier alpha value is -1.65. The van der Waals surface area contributed by atoms with Crippen molar-refractivity contribution in [3.63, 3.8) is 0 Å². The quantitative estimate of drug-likeness (QED) is 0.881. The van der Waals surface area contributed by atoms with E-state index in [-0.39, 0.29) is 5.54 Å². The summed E-state index contributed by atoms with van der Waals surface area (Å²) in [5.41, 5.74) is 1.22. The van der Waals surface area contributed by atoms with Crippen LogP contribution in [0.5, 0.6) is 0 Å². The number of rotatable bonds is 4. The molecule has 2 N–H and O–H groups in total. The van der Waals surface area contributed by atoms with Crippen LogP contribution in [-0.4, -0.2) is 23.6 Å². The highest BCUT2D eigenvalue weighted by molar-refractivity contribution is 5.55. The van der Waals surface area contributed by atoms with Crippen LogP contribution in [-0.2, 0) is 6.54 Å². The van der Waals surface area contributed by atoms with Crippen LogP contribution >= 0.6 is 0 Å². The average molecular weight is 257 g/mol. The summed E-state index contributed by atoms with van der Waals surface area (Å²) in [5.74, 6) is 1.57. The van der Waals surface area contributed by atoms with Crippen molar-refractivity contribution in [1.29, 1.82) is 0 Å². The first-order valence-electron chi connectivity index (χ1n) is 6.71. The van der Waals surface area contributed by atoms with E-state index in [2.05, 4.69) is 22.5 Å². The zero-order chi connectivity index (χ0) is 13.1. The molecule has 1 aliphatic heterocycles. The molecule has 1 unspecified atom stereocenters. The van der Waals surface area contributed by atoms with E-state index in [0.29, 0.717) is 6.54 Å². The lowest BCUT2D eigenvalue weighted by Crippen LogP contribution is -2.43. The van der Waals surface area contributed by atoms with Gasteiger partial charge in [-0.1, -0.05) is 30.3 Å². The second kappa shape index (κ2) is 5.15. The highest BCUT2D eigenvalue weighted by atomic mass is 16.4. The van der Waals surface area contributed by atoms with Crippen LogP contribution in [0.4, 0.5) is 0 Å². The topological polar surface area (TPSA) is 50.1 Å². The maximum atomic E-state index is 5.78. The van der Waals surface area contributed by atoms with Gasteiger partial charge in [-0.2, -0.15) is 0 Å². The second-order valence-corrected chi connectivity index (χ2v) is 5.33. The Labute approximate surface area is 113 Å². The lowest BCUT2D eigenvalue weighted by Gasteiger charge is -2.23. The molecule has 4 heteroatoms. The SMILES string of the molecule is CC1(NCc2ncc(-c3ccccc3)o2)CCNC1. The molecule has 1 fully saturated rings. The van der Waals surface area contributed by atoms with Crippen molar-refractivity contribution >= 4 is 0 Å². The highest BCUT2D eigenvalue weighted by Crippen LogP contribution is 2.20. The number of hydrogen-bond acceptors (Lipinski definition) is 4. The Morgan fingerprint density at radius 2 is 2.21 bits per heavy atom. The van der Waals surface area contributed by atoms with Crippen molar-refractivity contribution in [1.82, 2.24) is 15.6 Å². The standard InChI is InChI=1S/C15H19N3O/c1-15(7-8-16-11-15)18-10-14-17-9-13(19-14)12-5-3-2-4-6-12/h2-6,9,16,18H,7-8,10-11H2,1H3. The van der Waals surface area contributed by atoms with Gasteiger partial charge in [-0.05, 0) is 19.9 Å². The van der Waals surface area contributed by atoms with Gasteiger partial charge in [-0.15, -0.1) is 0 Å². The predicted octanol–water partition coefficient (Wildman–Crippen LogP) is 2.18. The Balaban J connectivity index is 1.65. The Kier molecular flexibility index (Phi) is 3.36. The number of aromatic nitrogens is 1. The summed E-state index contributed by atoms with van der Waals surface area (Å²) < 4.78 is 5.78. The molecule has 100 valence electrons. The van der Waals surface area contributed by atoms with Crippen molar-refractivity contribution in [2.24, 2.45) is 0 Å². The second-order valence-electron chi connectivity index (χ2n) is 5.33. The van der Waals surface area contributed by atoms with E-state index in [9.17, 15) is 0 Å². The molecule has 0 spiro atoms. The average Bonchev–Trinajstić information content (AvgIpc) is 3.07. The third kappa shape index (κ3) is 2.85. The van der Waals surface area contributed by atoms with E-state index in [1.54, 1.807) is 6.20 Å². The van der Waals surface area contributed by atoms with Crippen molar-refractivity contribution < 1.29 is 4.42 Å². The van der Waals surface area contributed by atoms with E-state index in [1.165, 1.54) is 0 Å². The van der Waals surface area contributed by atoms with Gasteiger partial charge in [0.2, 0.25) is 5.89 Å². The molecule has 0 saturated carbocycles. The van der Waals surface area contributed by atoms with Gasteiger partial charge in [0.25, 0.3) is 0 Å². The Morgan fingerprint density at radius 1 is 1.37 bits per heavy atom. The van der Waals surface area contributed by atoms with Crippen LogP contribution in [0.15, 0.2) is 40.9 Å². The van der Waals surface area contributed by atoms with Crippen LogP contribution in [0.25, 0.3) is 11.3 Å². The van der Waals surface area contributed by atoms with Crippen LogP contribution in [0, 0.1) is 0 Å². The maximum absolute atomic E-state index is 5.78. The predicted molar refractivity (Wildman–Crippen MR) is 74.7 cm³/mol. The van der Waals surface area contributed by atoms with E-state index in [4.69, 9.17) is 4.42 Å². The first kappa shape index (κ1) is 12.4. The maximum Gasteiger partial charge on any atom is 0.208 e. The van der Waals surface area contributed by atoms with Gasteiger partial charge >= 0.3 is 0 Å². The molecule has 3 rings (SSSR count). The molecular weight excluding hydrogens is 238 g/mol. The molecule has 1 aliphatic rings. The minimum atomic E-state index is 0.154. The fourth-order valence-corrected chi connectivity index (χ4v) is 2.38. The minimum Gasteiger partial charge on any atom is -0.439 e. The zero-order valence-corrected chi connectivity index (χ0v) is 11.1. The molecular formula is C15H19N3O. The molecule has 1 aromatic heterocycles. The summed E-state index contributed by atoms with van der Waals surface area (Å²) in [6.07, 6.45) is 2.93. The van der Waals surface area contributed by atoms with E-state index >= 15 is 0 Å². The molecule has 2 aromatic rings. The van der Waals surface area contributed by atoms with Gasteiger partial charge in [0.15, 0.2) is 5.76 Å². The molecule has 0 radical (unpaired) electrons. The third-order valence-electron chi connectivity index (χ3n) is 3.65. The number of nitrogens with one attached hydrogen (secondary N) is 2. The molecule has 0 aliphatic carbocycles. The molecule has 1 atom stereocenters. The lowest BCUT2D eigenvalue weighted by molar-refractivity contribution is 0.356. The van der Waals surface area contributed by atoms with Crippen LogP contribution < -0.4 is 10.6 Å². The fourth-order valence-electron chi connectivity index (χ4n) is 2.38. The molecule has 1 aromatic carbocycles. The summed E-state index contributed by atoms with van der Waals surface area (Å²) in [6, 6.07) is 10.1. The molecule has 1 saturated heterocycles. The monoisotopic (exact) mass is 257 g/mol. The van der Waals surface area contributed by atoms with Gasteiger partial charge in [0.1, 0.15) is 0 Å². The zero-order valence-electron chi connectivity index (χ0n) is 11.1. The smallest absolute Gasteiger partial charge is 0.208 e. The molecule has 19 heavy (non-hydrogen) atoms. The molecule has 0 bridgehead atoms. The summed E-state index contributed by atoms with van der Waals surface area (Å²) in [6.45, 7) is 4.97. The van der Waals surface area contributed by atoms with Gasteiger partial charge in [0.05, 0.1) is 12.7 Å². The summed E-state index contributed by atoms with van der Waals surface area (Å²) in [7, 11) is 0.